The minimum Gasteiger partial charge on any atom is -0.444 e. The Hall–Kier alpha value is -2.79. The maximum Gasteiger partial charge on any atom is 0.432 e. The van der Waals surface area contributed by atoms with Crippen molar-refractivity contribution in [2.24, 2.45) is 5.84 Å². The number of ether oxygens (including phenoxy) is 2. The third-order valence-electron chi connectivity index (χ3n) is 5.38. The van der Waals surface area contributed by atoms with Crippen molar-refractivity contribution < 1.29 is 28.2 Å². The number of nitrogens with zero attached hydrogens (tertiary/aromatic N) is 2. The number of amides is 3. The second-order valence-corrected chi connectivity index (χ2v) is 11.5. The topological polar surface area (TPSA) is 126 Å². The average molecular weight is 528 g/mol. The van der Waals surface area contributed by atoms with Crippen LogP contribution in [0, 0.1) is 5.82 Å². The number of carbonyl (C=O) groups excluding carboxylic acids is 3. The molecule has 0 spiro atoms. The molecule has 1 saturated heterocycles. The van der Waals surface area contributed by atoms with Crippen LogP contribution in [-0.4, -0.2) is 59.5 Å². The first kappa shape index (κ1) is 27.8. The van der Waals surface area contributed by atoms with Gasteiger partial charge in [-0.15, -0.1) is 0 Å². The van der Waals surface area contributed by atoms with E-state index in [0.29, 0.717) is 24.5 Å². The molecule has 1 aliphatic carbocycles. The molecule has 0 unspecified atom stereocenters. The quantitative estimate of drug-likeness (QED) is 0.292. The molecule has 2 fully saturated rings. The number of imide groups is 1. The summed E-state index contributed by atoms with van der Waals surface area (Å²) in [5.41, 5.74) is -1.67. The standard InChI is InChI=1S/C24H35ClFN5O5/c1-23(2,3)35-21(33)29-14-9-10-30(12-14)19-16(25)11-15(18(17(19)26)28-13-7-8-13)20(32)31(27)22(34)36-24(4,5)6/h11,13-14,28H,7-10,12,27H2,1-6H3,(H,29,33)/t14-/m0/s1. The lowest BCUT2D eigenvalue weighted by Gasteiger charge is -2.26. The highest BCUT2D eigenvalue weighted by Crippen LogP contribution is 2.40. The van der Waals surface area contributed by atoms with Gasteiger partial charge in [0.25, 0.3) is 5.91 Å². The van der Waals surface area contributed by atoms with Crippen molar-refractivity contribution >= 4 is 41.1 Å². The van der Waals surface area contributed by atoms with Gasteiger partial charge in [-0.1, -0.05) is 11.6 Å². The largest absolute Gasteiger partial charge is 0.444 e. The number of alkyl carbamates (subject to hydrolysis) is 1. The zero-order chi connectivity index (χ0) is 27.0. The summed E-state index contributed by atoms with van der Waals surface area (Å²) in [6, 6.07) is 1.02. The van der Waals surface area contributed by atoms with E-state index in [2.05, 4.69) is 10.6 Å². The summed E-state index contributed by atoms with van der Waals surface area (Å²) < 4.78 is 26.4. The molecule has 1 aromatic rings. The molecular formula is C24H35ClFN5O5. The molecule has 3 amide bonds. The van der Waals surface area contributed by atoms with Crippen molar-refractivity contribution in [3.63, 3.8) is 0 Å². The lowest BCUT2D eigenvalue weighted by Crippen LogP contribution is -2.45. The molecule has 12 heteroatoms. The van der Waals surface area contributed by atoms with Crippen LogP contribution >= 0.6 is 11.6 Å². The summed E-state index contributed by atoms with van der Waals surface area (Å²) in [7, 11) is 0. The van der Waals surface area contributed by atoms with E-state index in [-0.39, 0.29) is 34.0 Å². The van der Waals surface area contributed by atoms with Gasteiger partial charge in [-0.05, 0) is 66.9 Å². The Morgan fingerprint density at radius 2 is 1.69 bits per heavy atom. The first-order chi connectivity index (χ1) is 16.6. The van der Waals surface area contributed by atoms with E-state index in [1.165, 1.54) is 6.07 Å². The first-order valence-corrected chi connectivity index (χ1v) is 12.3. The number of hydrogen-bond donors (Lipinski definition) is 3. The molecule has 4 N–H and O–H groups in total. The van der Waals surface area contributed by atoms with E-state index in [1.807, 2.05) is 0 Å². The predicted molar refractivity (Wildman–Crippen MR) is 135 cm³/mol. The minimum atomic E-state index is -1.07. The van der Waals surface area contributed by atoms with Gasteiger partial charge in [0, 0.05) is 19.1 Å². The normalized spacial score (nSPS) is 18.0. The summed E-state index contributed by atoms with van der Waals surface area (Å²) >= 11 is 6.47. The number of nitrogens with one attached hydrogen (secondary N) is 2. The molecule has 10 nitrogen and oxygen atoms in total. The molecule has 1 saturated carbocycles. The molecule has 36 heavy (non-hydrogen) atoms. The van der Waals surface area contributed by atoms with E-state index >= 15 is 4.39 Å². The highest BCUT2D eigenvalue weighted by molar-refractivity contribution is 6.34. The van der Waals surface area contributed by atoms with Gasteiger partial charge in [-0.3, -0.25) is 4.79 Å². The molecular weight excluding hydrogens is 493 g/mol. The number of hydrazine groups is 1. The molecule has 1 aromatic carbocycles. The van der Waals surface area contributed by atoms with Crippen LogP contribution in [-0.2, 0) is 9.47 Å². The van der Waals surface area contributed by atoms with Crippen LogP contribution in [0.2, 0.25) is 5.02 Å². The number of halogens is 2. The summed E-state index contributed by atoms with van der Waals surface area (Å²) in [5, 5.41) is 6.11. The molecule has 1 atom stereocenters. The Bertz CT molecular complexity index is 1040. The zero-order valence-electron chi connectivity index (χ0n) is 21.5. The number of rotatable bonds is 5. The Morgan fingerprint density at radius 3 is 2.25 bits per heavy atom. The second-order valence-electron chi connectivity index (χ2n) is 11.1. The van der Waals surface area contributed by atoms with Gasteiger partial charge in [-0.25, -0.2) is 19.8 Å². The van der Waals surface area contributed by atoms with Crippen LogP contribution in [0.5, 0.6) is 0 Å². The molecule has 1 aliphatic heterocycles. The fourth-order valence-electron chi connectivity index (χ4n) is 3.72. The van der Waals surface area contributed by atoms with Gasteiger partial charge < -0.3 is 25.0 Å². The van der Waals surface area contributed by atoms with Crippen LogP contribution < -0.4 is 21.4 Å². The Kier molecular flexibility index (Phi) is 7.95. The number of carbonyl (C=O) groups is 3. The molecule has 0 radical (unpaired) electrons. The Morgan fingerprint density at radius 1 is 1.08 bits per heavy atom. The van der Waals surface area contributed by atoms with Crippen LogP contribution in [0.3, 0.4) is 0 Å². The Labute approximate surface area is 215 Å². The SMILES string of the molecule is CC(C)(C)OC(=O)N[C@H]1CCN(c2c(Cl)cc(C(=O)N(N)C(=O)OC(C)(C)C)c(NC3CC3)c2F)C1. The smallest absolute Gasteiger partial charge is 0.432 e. The van der Waals surface area contributed by atoms with Crippen molar-refractivity contribution in [2.75, 3.05) is 23.3 Å². The summed E-state index contributed by atoms with van der Waals surface area (Å²) in [6.45, 7) is 10.9. The molecule has 0 bridgehead atoms. The summed E-state index contributed by atoms with van der Waals surface area (Å²) in [4.78, 5) is 39.3. The van der Waals surface area contributed by atoms with Gasteiger partial charge in [0.05, 0.1) is 28.0 Å². The molecule has 2 aliphatic rings. The van der Waals surface area contributed by atoms with Crippen molar-refractivity contribution in [1.29, 1.82) is 0 Å². The maximum atomic E-state index is 15.9. The number of nitrogens with two attached hydrogens (primary N) is 1. The zero-order valence-corrected chi connectivity index (χ0v) is 22.3. The van der Waals surface area contributed by atoms with Gasteiger partial charge in [0.2, 0.25) is 0 Å². The monoisotopic (exact) mass is 527 g/mol. The highest BCUT2D eigenvalue weighted by atomic mass is 35.5. The van der Waals surface area contributed by atoms with Crippen molar-refractivity contribution in [2.45, 2.75) is 84.1 Å². The molecule has 200 valence electrons. The Balaban J connectivity index is 1.85. The lowest BCUT2D eigenvalue weighted by molar-refractivity contribution is 0.0239. The van der Waals surface area contributed by atoms with E-state index in [0.717, 1.165) is 12.8 Å². The van der Waals surface area contributed by atoms with Crippen LogP contribution in [0.4, 0.5) is 25.4 Å². The minimum absolute atomic E-state index is 0.00649. The first-order valence-electron chi connectivity index (χ1n) is 11.9. The molecule has 0 aromatic heterocycles. The van der Waals surface area contributed by atoms with Crippen molar-refractivity contribution in [3.8, 4) is 0 Å². The predicted octanol–water partition coefficient (Wildman–Crippen LogP) is 4.41. The van der Waals surface area contributed by atoms with E-state index in [4.69, 9.17) is 26.9 Å². The van der Waals surface area contributed by atoms with Gasteiger partial charge in [-0.2, -0.15) is 5.01 Å². The van der Waals surface area contributed by atoms with Gasteiger partial charge in [0.1, 0.15) is 11.2 Å². The second kappa shape index (κ2) is 10.3. The molecule has 3 rings (SSSR count). The molecule has 1 heterocycles. The fraction of sp³-hybridized carbons (Fsp3) is 0.625. The van der Waals surface area contributed by atoms with Crippen LogP contribution in [0.1, 0.15) is 71.2 Å². The highest BCUT2D eigenvalue weighted by Gasteiger charge is 2.35. The average Bonchev–Trinajstić information content (AvgIpc) is 3.43. The third kappa shape index (κ3) is 7.13. The number of anilines is 2. The third-order valence-corrected chi connectivity index (χ3v) is 5.67. The van der Waals surface area contributed by atoms with Crippen molar-refractivity contribution in [1.82, 2.24) is 10.3 Å². The lowest BCUT2D eigenvalue weighted by atomic mass is 10.1. The maximum absolute atomic E-state index is 15.9. The van der Waals surface area contributed by atoms with Gasteiger partial charge in [0.15, 0.2) is 5.82 Å². The number of benzene rings is 1. The van der Waals surface area contributed by atoms with E-state index in [1.54, 1.807) is 46.4 Å². The van der Waals surface area contributed by atoms with Crippen molar-refractivity contribution in [3.05, 3.63) is 22.5 Å². The van der Waals surface area contributed by atoms with Crippen LogP contribution in [0.25, 0.3) is 0 Å². The fourth-order valence-corrected chi connectivity index (χ4v) is 4.03. The number of hydrogen-bond acceptors (Lipinski definition) is 8. The van der Waals surface area contributed by atoms with Gasteiger partial charge >= 0.3 is 12.2 Å². The van der Waals surface area contributed by atoms with Crippen LogP contribution in [0.15, 0.2) is 6.07 Å². The summed E-state index contributed by atoms with van der Waals surface area (Å²) in [5.74, 6) is 4.06. The summed E-state index contributed by atoms with van der Waals surface area (Å²) in [6.07, 6.45) is 0.560. The van der Waals surface area contributed by atoms with E-state index < -0.39 is 35.1 Å². The van der Waals surface area contributed by atoms with E-state index in [9.17, 15) is 14.4 Å².